The lowest BCUT2D eigenvalue weighted by Crippen LogP contribution is -2.41. The highest BCUT2D eigenvalue weighted by Gasteiger charge is 2.41. The van der Waals surface area contributed by atoms with Crippen LogP contribution in [0.25, 0.3) is 0 Å². The van der Waals surface area contributed by atoms with Crippen molar-refractivity contribution in [2.45, 2.75) is 51.4 Å². The van der Waals surface area contributed by atoms with Crippen LogP contribution < -0.4 is 21.7 Å². The summed E-state index contributed by atoms with van der Waals surface area (Å²) in [5.41, 5.74) is 9.66. The Bertz CT molecular complexity index is 1610. The van der Waals surface area contributed by atoms with Gasteiger partial charge in [0.05, 0.1) is 9.81 Å². The summed E-state index contributed by atoms with van der Waals surface area (Å²) in [4.78, 5) is 78.1. The molecular weight excluding hydrogens is 725 g/mol. The van der Waals surface area contributed by atoms with Crippen molar-refractivity contribution in [1.29, 1.82) is 0 Å². The molecule has 0 bridgehead atoms. The Morgan fingerprint density at radius 2 is 1.00 bits per heavy atom. The van der Waals surface area contributed by atoms with Crippen LogP contribution in [-0.4, -0.2) is 77.2 Å². The van der Waals surface area contributed by atoms with E-state index in [0.29, 0.717) is 60.3 Å². The molecule has 2 saturated heterocycles. The van der Waals surface area contributed by atoms with E-state index in [-0.39, 0.29) is 68.9 Å². The molecule has 264 valence electrons. The first kappa shape index (κ1) is 38.3. The quantitative estimate of drug-likeness (QED) is 0.0713. The Kier molecular flexibility index (Phi) is 14.1. The molecule has 0 spiro atoms. The van der Waals surface area contributed by atoms with Crippen molar-refractivity contribution in [2.75, 3.05) is 13.1 Å². The maximum Gasteiger partial charge on any atom is 0.269 e. The van der Waals surface area contributed by atoms with Gasteiger partial charge in [-0.3, -0.25) is 60.3 Å². The van der Waals surface area contributed by atoms with Gasteiger partial charge in [0.15, 0.2) is 0 Å². The third kappa shape index (κ3) is 10.7. The second-order valence-electron chi connectivity index (χ2n) is 11.0. The van der Waals surface area contributed by atoms with E-state index >= 15 is 0 Å². The third-order valence-corrected chi connectivity index (χ3v) is 10.3. The highest BCUT2D eigenvalue weighted by molar-refractivity contribution is 8.29. The van der Waals surface area contributed by atoms with Gasteiger partial charge in [0.2, 0.25) is 11.8 Å². The van der Waals surface area contributed by atoms with Gasteiger partial charge < -0.3 is 10.2 Å². The number of nitrogens with one attached hydrogen (secondary N) is 4. The van der Waals surface area contributed by atoms with E-state index in [4.69, 9.17) is 24.4 Å². The van der Waals surface area contributed by atoms with E-state index in [1.807, 2.05) is 0 Å². The standard InChI is InChI=1S/C32H34N6O8S4/c39-21-11-7-9-19(17-21)27(43)35-33-23(41)13-3-1-5-15-37-29(45)25(49-31(37)47)26-30(46)38(32(48)50-26)16-6-2-4-14-24(42)34-36-28(44)20-10-8-12-22(40)18-20/h7-12,17-18,39-40H,1-6,13-16H2,(H,33,41)(H,34,42)(H,35,43)(H,36,44)/b26-25+. The van der Waals surface area contributed by atoms with Crippen molar-refractivity contribution in [2.24, 2.45) is 0 Å². The van der Waals surface area contributed by atoms with Gasteiger partial charge in [-0.1, -0.05) is 72.9 Å². The zero-order valence-electron chi connectivity index (χ0n) is 26.6. The number of unbranched alkanes of at least 4 members (excludes halogenated alkanes) is 4. The zero-order chi connectivity index (χ0) is 36.2. The molecule has 0 atom stereocenters. The van der Waals surface area contributed by atoms with Crippen molar-refractivity contribution >= 4 is 92.0 Å². The van der Waals surface area contributed by atoms with Crippen LogP contribution >= 0.6 is 48.0 Å². The van der Waals surface area contributed by atoms with Gasteiger partial charge in [0.25, 0.3) is 23.6 Å². The topological polar surface area (TPSA) is 197 Å². The van der Waals surface area contributed by atoms with E-state index in [0.717, 1.165) is 23.5 Å². The Morgan fingerprint density at radius 1 is 0.600 bits per heavy atom. The molecule has 2 heterocycles. The van der Waals surface area contributed by atoms with Crippen LogP contribution in [0, 0.1) is 0 Å². The highest BCUT2D eigenvalue weighted by atomic mass is 32.2. The minimum atomic E-state index is -0.560. The van der Waals surface area contributed by atoms with E-state index in [2.05, 4.69) is 21.7 Å². The normalized spacial score (nSPS) is 15.8. The van der Waals surface area contributed by atoms with Crippen LogP contribution in [0.15, 0.2) is 58.3 Å². The third-order valence-electron chi connectivity index (χ3n) is 7.32. The van der Waals surface area contributed by atoms with E-state index < -0.39 is 11.8 Å². The van der Waals surface area contributed by atoms with Crippen LogP contribution in [-0.2, 0) is 19.2 Å². The molecule has 0 saturated carbocycles. The van der Waals surface area contributed by atoms with Crippen LogP contribution in [0.5, 0.6) is 11.5 Å². The molecule has 2 fully saturated rings. The molecule has 50 heavy (non-hydrogen) atoms. The van der Waals surface area contributed by atoms with Crippen molar-refractivity contribution < 1.29 is 39.0 Å². The molecule has 2 aromatic rings. The number of hydrogen-bond acceptors (Lipinski definition) is 12. The number of hydrogen-bond donors (Lipinski definition) is 6. The van der Waals surface area contributed by atoms with Crippen LogP contribution in [0.3, 0.4) is 0 Å². The molecule has 0 radical (unpaired) electrons. The first-order valence-corrected chi connectivity index (χ1v) is 18.0. The summed E-state index contributed by atoms with van der Waals surface area (Å²) in [7, 11) is 0. The lowest BCUT2D eigenvalue weighted by Gasteiger charge is -2.14. The number of nitrogens with zero attached hydrogens (tertiary/aromatic N) is 2. The van der Waals surface area contributed by atoms with E-state index in [9.17, 15) is 39.0 Å². The highest BCUT2D eigenvalue weighted by Crippen LogP contribution is 2.42. The Balaban J connectivity index is 1.12. The van der Waals surface area contributed by atoms with Gasteiger partial charge >= 0.3 is 0 Å². The van der Waals surface area contributed by atoms with Gasteiger partial charge in [0.1, 0.15) is 20.1 Å². The van der Waals surface area contributed by atoms with Crippen molar-refractivity contribution in [3.8, 4) is 11.5 Å². The maximum atomic E-state index is 13.2. The smallest absolute Gasteiger partial charge is 0.269 e. The van der Waals surface area contributed by atoms with Crippen LogP contribution in [0.1, 0.15) is 72.1 Å². The molecule has 18 heteroatoms. The summed E-state index contributed by atoms with van der Waals surface area (Å²) in [6.45, 7) is 0.634. The van der Waals surface area contributed by atoms with Crippen molar-refractivity contribution in [3.63, 3.8) is 0 Å². The predicted molar refractivity (Wildman–Crippen MR) is 195 cm³/mol. The fraction of sp³-hybridized carbons (Fsp3) is 0.312. The molecule has 2 aromatic carbocycles. The number of thiocarbonyl (C=S) groups is 2. The van der Waals surface area contributed by atoms with E-state index in [1.165, 1.54) is 58.3 Å². The minimum Gasteiger partial charge on any atom is -0.508 e. The zero-order valence-corrected chi connectivity index (χ0v) is 29.8. The number of phenolic OH excluding ortho intramolecular Hbond substituents is 2. The number of aromatic hydroxyl groups is 2. The molecule has 0 aromatic heterocycles. The molecular formula is C32H34N6O8S4. The molecule has 0 aliphatic carbocycles. The first-order valence-electron chi connectivity index (χ1n) is 15.5. The summed E-state index contributed by atoms with van der Waals surface area (Å²) in [5.74, 6) is -2.75. The van der Waals surface area contributed by atoms with Gasteiger partial charge in [-0.2, -0.15) is 0 Å². The summed E-state index contributed by atoms with van der Waals surface area (Å²) in [5, 5.41) is 19.0. The number of carbonyl (C=O) groups excluding carboxylic acids is 6. The number of benzene rings is 2. The lowest BCUT2D eigenvalue weighted by molar-refractivity contribution is -0.124. The monoisotopic (exact) mass is 758 g/mol. The molecule has 6 amide bonds. The fourth-order valence-electron chi connectivity index (χ4n) is 4.74. The molecule has 4 rings (SSSR count). The number of amides is 6. The average molecular weight is 759 g/mol. The van der Waals surface area contributed by atoms with Gasteiger partial charge in [-0.05, 0) is 62.1 Å². The van der Waals surface area contributed by atoms with Crippen molar-refractivity contribution in [1.82, 2.24) is 31.5 Å². The van der Waals surface area contributed by atoms with Crippen LogP contribution in [0.4, 0.5) is 0 Å². The predicted octanol–water partition coefficient (Wildman–Crippen LogP) is 3.37. The molecule has 14 nitrogen and oxygen atoms in total. The fourth-order valence-corrected chi connectivity index (χ4v) is 7.51. The Labute approximate surface area is 306 Å². The molecule has 0 unspecified atom stereocenters. The van der Waals surface area contributed by atoms with Gasteiger partial charge in [-0.15, -0.1) is 0 Å². The lowest BCUT2D eigenvalue weighted by atomic mass is 10.2. The maximum absolute atomic E-state index is 13.2. The number of thioether (sulfide) groups is 2. The molecule has 6 N–H and O–H groups in total. The largest absolute Gasteiger partial charge is 0.508 e. The molecule has 2 aliphatic rings. The second-order valence-corrected chi connectivity index (χ2v) is 14.3. The molecule has 2 aliphatic heterocycles. The number of carbonyl (C=O) groups is 6. The first-order chi connectivity index (χ1) is 23.9. The minimum absolute atomic E-state index is 0.0664. The Morgan fingerprint density at radius 3 is 1.38 bits per heavy atom. The summed E-state index contributed by atoms with van der Waals surface area (Å²) in [6.07, 6.45) is 3.64. The van der Waals surface area contributed by atoms with Gasteiger partial charge in [-0.25, -0.2) is 0 Å². The Hall–Kier alpha value is -4.52. The SMILES string of the molecule is O=C(CCCCCN1C(=O)/C(=C2\SC(=S)N(CCCCCC(=O)NNC(=O)c3cccc(O)c3)C2=O)SC1=S)NNC(=O)c1cccc(O)c1. The summed E-state index contributed by atoms with van der Waals surface area (Å²) in [6, 6.07) is 11.4. The van der Waals surface area contributed by atoms with E-state index in [1.54, 1.807) is 0 Å². The number of hydrazine groups is 2. The number of phenols is 2. The summed E-state index contributed by atoms with van der Waals surface area (Å²) < 4.78 is 0.665. The van der Waals surface area contributed by atoms with Crippen LogP contribution in [0.2, 0.25) is 0 Å². The average Bonchev–Trinajstić information content (AvgIpc) is 3.53. The second kappa shape index (κ2) is 18.5. The van der Waals surface area contributed by atoms with Crippen molar-refractivity contribution in [3.05, 3.63) is 69.5 Å². The number of rotatable bonds is 14. The summed E-state index contributed by atoms with van der Waals surface area (Å²) >= 11 is 13.0. The van der Waals surface area contributed by atoms with Gasteiger partial charge in [0, 0.05) is 37.1 Å².